The molecule has 0 saturated carbocycles. The van der Waals surface area contributed by atoms with Crippen molar-refractivity contribution in [1.82, 2.24) is 4.98 Å². The van der Waals surface area contributed by atoms with Crippen molar-refractivity contribution >= 4 is 0 Å². The molecular weight excluding hydrogens is 336 g/mol. The van der Waals surface area contributed by atoms with Gasteiger partial charge in [0.1, 0.15) is 0 Å². The van der Waals surface area contributed by atoms with Crippen LogP contribution in [0, 0.1) is 0 Å². The van der Waals surface area contributed by atoms with Gasteiger partial charge in [-0.15, -0.1) is 6.54 Å². The van der Waals surface area contributed by atoms with Crippen molar-refractivity contribution in [3.05, 3.63) is 35.4 Å². The minimum absolute atomic E-state index is 0. The number of methoxy groups -OCH3 is 1. The van der Waals surface area contributed by atoms with E-state index in [2.05, 4.69) is 10.3 Å². The number of pyridine rings is 1. The van der Waals surface area contributed by atoms with Crippen LogP contribution in [0.1, 0.15) is 11.7 Å². The van der Waals surface area contributed by atoms with Crippen LogP contribution in [0.2, 0.25) is 0 Å². The van der Waals surface area contributed by atoms with Crippen LogP contribution in [0.4, 0.5) is 0 Å². The van der Waals surface area contributed by atoms with Gasteiger partial charge in [-0.1, -0.05) is 6.07 Å². The molecule has 1 aromatic heterocycles. The summed E-state index contributed by atoms with van der Waals surface area (Å²) in [4.78, 5) is 4.01. The van der Waals surface area contributed by atoms with E-state index >= 15 is 0 Å². The summed E-state index contributed by atoms with van der Waals surface area (Å²) < 4.78 is 5.24. The zero-order chi connectivity index (χ0) is 8.81. The molecule has 0 aliphatic heterocycles. The third-order valence-electron chi connectivity index (χ3n) is 1.69. The Bertz CT molecular complexity index is 218. The van der Waals surface area contributed by atoms with Crippen LogP contribution in [-0.2, 0) is 25.8 Å². The molecule has 72 valence electrons. The minimum Gasteiger partial charge on any atom is -0.663 e. The SMILES string of the molecule is C[N-]CC(OC)c1cccnc1.[W]. The van der Waals surface area contributed by atoms with Crippen LogP contribution in [-0.4, -0.2) is 25.7 Å². The fraction of sp³-hybridized carbons (Fsp3) is 0.444. The van der Waals surface area contributed by atoms with Gasteiger partial charge >= 0.3 is 0 Å². The van der Waals surface area contributed by atoms with E-state index in [-0.39, 0.29) is 27.2 Å². The van der Waals surface area contributed by atoms with Crippen molar-refractivity contribution in [1.29, 1.82) is 0 Å². The molecule has 0 amide bonds. The van der Waals surface area contributed by atoms with Crippen LogP contribution in [0.25, 0.3) is 5.32 Å². The number of likely N-dealkylation sites (N-methyl/N-ethyl adjacent to an activating group) is 1. The van der Waals surface area contributed by atoms with Crippen LogP contribution in [0.5, 0.6) is 0 Å². The molecule has 4 heteroatoms. The number of hydrogen-bond acceptors (Lipinski definition) is 2. The first-order valence-corrected chi connectivity index (χ1v) is 3.86. The Kier molecular flexibility index (Phi) is 7.06. The number of rotatable bonds is 4. The van der Waals surface area contributed by atoms with Gasteiger partial charge in [0.2, 0.25) is 0 Å². The smallest absolute Gasteiger partial charge is 0.0649 e. The van der Waals surface area contributed by atoms with E-state index in [1.807, 2.05) is 12.1 Å². The molecule has 13 heavy (non-hydrogen) atoms. The zero-order valence-electron chi connectivity index (χ0n) is 7.80. The maximum absolute atomic E-state index is 5.24. The van der Waals surface area contributed by atoms with Gasteiger partial charge < -0.3 is 10.1 Å². The summed E-state index contributed by atoms with van der Waals surface area (Å²) in [5.74, 6) is 0. The average Bonchev–Trinajstić information content (AvgIpc) is 2.15. The molecule has 0 radical (unpaired) electrons. The fourth-order valence-corrected chi connectivity index (χ4v) is 1.05. The van der Waals surface area contributed by atoms with Gasteiger partial charge in [0.15, 0.2) is 0 Å². The average molecular weight is 349 g/mol. The van der Waals surface area contributed by atoms with E-state index in [1.165, 1.54) is 0 Å². The van der Waals surface area contributed by atoms with Crippen molar-refractivity contribution in [2.75, 3.05) is 20.7 Å². The number of hydrogen-bond donors (Lipinski definition) is 0. The molecule has 0 aliphatic carbocycles. The number of nitrogens with zero attached hydrogens (tertiary/aromatic N) is 2. The van der Waals surface area contributed by atoms with Gasteiger partial charge in [-0.25, -0.2) is 0 Å². The number of ether oxygens (including phenoxy) is 1. The molecule has 1 unspecified atom stereocenters. The van der Waals surface area contributed by atoms with Crippen LogP contribution in [0.3, 0.4) is 0 Å². The predicted molar refractivity (Wildman–Crippen MR) is 48.1 cm³/mol. The Morgan fingerprint density at radius 1 is 1.62 bits per heavy atom. The Hall–Kier alpha value is -0.242. The summed E-state index contributed by atoms with van der Waals surface area (Å²) in [5, 5.41) is 4.03. The van der Waals surface area contributed by atoms with E-state index in [9.17, 15) is 0 Å². The second-order valence-corrected chi connectivity index (χ2v) is 2.51. The number of aromatic nitrogens is 1. The molecule has 0 spiro atoms. The minimum atomic E-state index is 0. The summed E-state index contributed by atoms with van der Waals surface area (Å²) >= 11 is 0. The molecule has 1 atom stereocenters. The molecule has 0 aromatic carbocycles. The first kappa shape index (κ1) is 12.8. The molecule has 1 rings (SSSR count). The zero-order valence-corrected chi connectivity index (χ0v) is 10.7. The molecule has 0 aliphatic rings. The van der Waals surface area contributed by atoms with Gasteiger partial charge in [0.05, 0.1) is 6.10 Å². The van der Waals surface area contributed by atoms with Gasteiger partial charge in [-0.3, -0.25) is 4.98 Å². The van der Waals surface area contributed by atoms with E-state index in [1.54, 1.807) is 26.6 Å². The monoisotopic (exact) mass is 349 g/mol. The van der Waals surface area contributed by atoms with Gasteiger partial charge in [-0.2, -0.15) is 7.05 Å². The first-order valence-electron chi connectivity index (χ1n) is 3.86. The maximum atomic E-state index is 5.24. The van der Waals surface area contributed by atoms with E-state index < -0.39 is 0 Å². The molecule has 0 bridgehead atoms. The summed E-state index contributed by atoms with van der Waals surface area (Å²) in [5.41, 5.74) is 1.07. The van der Waals surface area contributed by atoms with Crippen molar-refractivity contribution in [2.45, 2.75) is 6.10 Å². The van der Waals surface area contributed by atoms with E-state index in [0.29, 0.717) is 6.54 Å². The Morgan fingerprint density at radius 2 is 2.38 bits per heavy atom. The van der Waals surface area contributed by atoms with Crippen LogP contribution < -0.4 is 0 Å². The molecule has 1 aromatic rings. The van der Waals surface area contributed by atoms with Gasteiger partial charge in [0, 0.05) is 40.6 Å². The summed E-state index contributed by atoms with van der Waals surface area (Å²) in [6, 6.07) is 3.89. The van der Waals surface area contributed by atoms with E-state index in [0.717, 1.165) is 5.56 Å². The van der Waals surface area contributed by atoms with Crippen molar-refractivity contribution in [3.63, 3.8) is 0 Å². The Balaban J connectivity index is 0.00000144. The van der Waals surface area contributed by atoms with Gasteiger partial charge in [0.25, 0.3) is 0 Å². The normalized spacial score (nSPS) is 11.8. The van der Waals surface area contributed by atoms with Crippen LogP contribution in [0.15, 0.2) is 24.5 Å². The van der Waals surface area contributed by atoms with Crippen molar-refractivity contribution in [3.8, 4) is 0 Å². The second-order valence-electron chi connectivity index (χ2n) is 2.51. The standard InChI is InChI=1S/C9H13N2O.W/c1-10-7-9(12-2)8-4-3-5-11-6-8;/h3-6,9H,7H2,1-2H3;/q-1;. The molecule has 3 nitrogen and oxygen atoms in total. The predicted octanol–water partition coefficient (Wildman–Crippen LogP) is 1.77. The maximum Gasteiger partial charge on any atom is 0.0649 e. The molecule has 0 fully saturated rings. The molecule has 0 saturated heterocycles. The summed E-state index contributed by atoms with van der Waals surface area (Å²) in [6.07, 6.45) is 3.60. The molecule has 0 N–H and O–H groups in total. The quantitative estimate of drug-likeness (QED) is 0.831. The Morgan fingerprint density at radius 3 is 2.85 bits per heavy atom. The topological polar surface area (TPSA) is 36.2 Å². The molecular formula is C9H13N2OW-. The summed E-state index contributed by atoms with van der Waals surface area (Å²) in [7, 11) is 3.46. The van der Waals surface area contributed by atoms with Crippen molar-refractivity contribution in [2.24, 2.45) is 0 Å². The second kappa shape index (κ2) is 7.19. The van der Waals surface area contributed by atoms with Crippen LogP contribution >= 0.6 is 0 Å². The van der Waals surface area contributed by atoms with Gasteiger partial charge in [-0.05, 0) is 11.6 Å². The molecule has 1 heterocycles. The largest absolute Gasteiger partial charge is 0.663 e. The third kappa shape index (κ3) is 3.99. The fourth-order valence-electron chi connectivity index (χ4n) is 1.05. The van der Waals surface area contributed by atoms with E-state index in [4.69, 9.17) is 4.74 Å². The Labute approximate surface area is 93.2 Å². The summed E-state index contributed by atoms with van der Waals surface area (Å²) in [6.45, 7) is 0.683. The van der Waals surface area contributed by atoms with Crippen molar-refractivity contribution < 1.29 is 25.8 Å². The third-order valence-corrected chi connectivity index (χ3v) is 1.69. The first-order chi connectivity index (χ1) is 5.88.